The second kappa shape index (κ2) is 12.6. The zero-order valence-electron chi connectivity index (χ0n) is 21.2. The van der Waals surface area contributed by atoms with Gasteiger partial charge in [-0.15, -0.1) is 0 Å². The van der Waals surface area contributed by atoms with E-state index in [2.05, 4.69) is 10.6 Å². The molecule has 0 radical (unpaired) electrons. The zero-order valence-corrected chi connectivity index (χ0v) is 21.2. The molecule has 0 aromatic heterocycles. The van der Waals surface area contributed by atoms with Gasteiger partial charge in [0.05, 0.1) is 18.0 Å². The van der Waals surface area contributed by atoms with E-state index in [-0.39, 0.29) is 19.1 Å². The molecule has 8 heteroatoms. The Morgan fingerprint density at radius 1 is 1.00 bits per heavy atom. The van der Waals surface area contributed by atoms with Gasteiger partial charge in [0.25, 0.3) is 0 Å². The number of aliphatic hydroxyl groups excluding tert-OH is 1. The first-order valence-corrected chi connectivity index (χ1v) is 11.9. The first-order valence-electron chi connectivity index (χ1n) is 11.9. The molecule has 0 saturated carbocycles. The van der Waals surface area contributed by atoms with Crippen LogP contribution in [-0.4, -0.2) is 30.3 Å². The summed E-state index contributed by atoms with van der Waals surface area (Å²) < 4.78 is 11.3. The third-order valence-corrected chi connectivity index (χ3v) is 5.62. The summed E-state index contributed by atoms with van der Waals surface area (Å²) in [6.07, 6.45) is 1.73. The van der Waals surface area contributed by atoms with Crippen molar-refractivity contribution in [1.29, 1.82) is 0 Å². The third-order valence-electron chi connectivity index (χ3n) is 5.62. The van der Waals surface area contributed by atoms with Crippen LogP contribution >= 0.6 is 0 Å². The van der Waals surface area contributed by atoms with E-state index in [0.29, 0.717) is 28.4 Å². The van der Waals surface area contributed by atoms with Gasteiger partial charge in [0, 0.05) is 11.1 Å². The molecule has 37 heavy (non-hydrogen) atoms. The Balaban J connectivity index is 1.81. The van der Waals surface area contributed by atoms with Gasteiger partial charge in [-0.05, 0) is 55.0 Å². The van der Waals surface area contributed by atoms with E-state index in [4.69, 9.17) is 20.3 Å². The molecule has 0 fully saturated rings. The van der Waals surface area contributed by atoms with Gasteiger partial charge in [-0.1, -0.05) is 61.9 Å². The van der Waals surface area contributed by atoms with Gasteiger partial charge >= 0.3 is 6.09 Å². The highest BCUT2D eigenvalue weighted by Crippen LogP contribution is 2.39. The van der Waals surface area contributed by atoms with Crippen molar-refractivity contribution in [1.82, 2.24) is 0 Å². The van der Waals surface area contributed by atoms with Crippen LogP contribution in [0.2, 0.25) is 0 Å². The predicted molar refractivity (Wildman–Crippen MR) is 145 cm³/mol. The molecule has 0 heterocycles. The third kappa shape index (κ3) is 8.12. The number of aliphatic hydroxyl groups is 1. The van der Waals surface area contributed by atoms with Gasteiger partial charge in [-0.3, -0.25) is 10.1 Å². The Labute approximate surface area is 217 Å². The van der Waals surface area contributed by atoms with Crippen molar-refractivity contribution in [2.75, 3.05) is 29.6 Å². The Hall–Kier alpha value is -4.30. The SMILES string of the molecule is Cc1ccc(NC(=O)O[C@H](c2ccc(OCCO)cc2)C(C)(C)/C=C/C(=O)Nc2ccccc2N)cc1. The van der Waals surface area contributed by atoms with Crippen LogP contribution in [0, 0.1) is 12.3 Å². The lowest BCUT2D eigenvalue weighted by Crippen LogP contribution is -2.28. The summed E-state index contributed by atoms with van der Waals surface area (Å²) in [5.41, 5.74) is 8.49. The van der Waals surface area contributed by atoms with E-state index in [9.17, 15) is 9.59 Å². The van der Waals surface area contributed by atoms with Crippen molar-refractivity contribution >= 4 is 29.1 Å². The molecule has 1 atom stereocenters. The second-order valence-electron chi connectivity index (χ2n) is 9.15. The van der Waals surface area contributed by atoms with Gasteiger partial charge < -0.3 is 25.6 Å². The summed E-state index contributed by atoms with van der Waals surface area (Å²) in [7, 11) is 0. The fraction of sp³-hybridized carbons (Fsp3) is 0.241. The van der Waals surface area contributed by atoms with E-state index < -0.39 is 17.6 Å². The number of para-hydroxylation sites is 2. The van der Waals surface area contributed by atoms with Gasteiger partial charge in [0.15, 0.2) is 0 Å². The van der Waals surface area contributed by atoms with Gasteiger partial charge in [0.1, 0.15) is 18.5 Å². The van der Waals surface area contributed by atoms with Gasteiger partial charge in [-0.2, -0.15) is 0 Å². The molecule has 3 aromatic rings. The monoisotopic (exact) mass is 503 g/mol. The van der Waals surface area contributed by atoms with Crippen molar-refractivity contribution in [2.24, 2.45) is 5.41 Å². The van der Waals surface area contributed by atoms with Crippen LogP contribution in [0.4, 0.5) is 21.9 Å². The van der Waals surface area contributed by atoms with Gasteiger partial charge in [0.2, 0.25) is 5.91 Å². The minimum Gasteiger partial charge on any atom is -0.491 e. The highest BCUT2D eigenvalue weighted by atomic mass is 16.6. The Morgan fingerprint density at radius 2 is 1.68 bits per heavy atom. The molecule has 0 bridgehead atoms. The lowest BCUT2D eigenvalue weighted by molar-refractivity contribution is -0.112. The van der Waals surface area contributed by atoms with Crippen molar-refractivity contribution in [3.8, 4) is 5.75 Å². The standard InChI is InChI=1S/C29H33N3O5/c1-20-8-12-22(13-9-20)31-28(35)37-27(21-10-14-23(15-11-21)36-19-18-33)29(2,3)17-16-26(34)32-25-7-5-4-6-24(25)30/h4-17,27,33H,18-19,30H2,1-3H3,(H,31,35)(H,32,34)/b17-16+/t27-/m1/s1. The van der Waals surface area contributed by atoms with Crippen LogP contribution in [-0.2, 0) is 9.53 Å². The molecule has 0 saturated heterocycles. The van der Waals surface area contributed by atoms with Crippen molar-refractivity contribution in [3.63, 3.8) is 0 Å². The summed E-state index contributed by atoms with van der Waals surface area (Å²) in [5, 5.41) is 14.5. The van der Waals surface area contributed by atoms with Crippen molar-refractivity contribution in [3.05, 3.63) is 96.1 Å². The number of carbonyl (C=O) groups is 2. The van der Waals surface area contributed by atoms with Crippen LogP contribution in [0.5, 0.6) is 5.75 Å². The average molecular weight is 504 g/mol. The fourth-order valence-electron chi connectivity index (χ4n) is 3.61. The number of anilines is 3. The van der Waals surface area contributed by atoms with Gasteiger partial charge in [-0.25, -0.2) is 4.79 Å². The maximum absolute atomic E-state index is 12.8. The Kier molecular flexibility index (Phi) is 9.29. The lowest BCUT2D eigenvalue weighted by Gasteiger charge is -2.31. The van der Waals surface area contributed by atoms with E-state index in [1.54, 1.807) is 66.7 Å². The van der Waals surface area contributed by atoms with E-state index in [1.165, 1.54) is 6.08 Å². The van der Waals surface area contributed by atoms with Crippen molar-refractivity contribution in [2.45, 2.75) is 26.9 Å². The number of hydrogen-bond donors (Lipinski definition) is 4. The predicted octanol–water partition coefficient (Wildman–Crippen LogP) is 5.46. The molecule has 3 rings (SSSR count). The molecule has 0 spiro atoms. The minimum absolute atomic E-state index is 0.0960. The molecule has 0 unspecified atom stereocenters. The number of carbonyl (C=O) groups excluding carboxylic acids is 2. The highest BCUT2D eigenvalue weighted by molar-refractivity contribution is 6.01. The quantitative estimate of drug-likeness (QED) is 0.215. The largest absolute Gasteiger partial charge is 0.491 e. The first kappa shape index (κ1) is 27.3. The maximum Gasteiger partial charge on any atom is 0.412 e. The van der Waals surface area contributed by atoms with E-state index in [1.807, 2.05) is 32.9 Å². The molecule has 5 N–H and O–H groups in total. The van der Waals surface area contributed by atoms with E-state index in [0.717, 1.165) is 5.56 Å². The van der Waals surface area contributed by atoms with E-state index >= 15 is 0 Å². The van der Waals surface area contributed by atoms with Crippen molar-refractivity contribution < 1.29 is 24.2 Å². The number of hydrogen-bond acceptors (Lipinski definition) is 6. The molecule has 0 aliphatic carbocycles. The van der Waals surface area contributed by atoms with Crippen LogP contribution in [0.25, 0.3) is 0 Å². The van der Waals surface area contributed by atoms with Crippen LogP contribution in [0.3, 0.4) is 0 Å². The number of nitrogens with one attached hydrogen (secondary N) is 2. The molecular weight excluding hydrogens is 470 g/mol. The number of amides is 2. The highest BCUT2D eigenvalue weighted by Gasteiger charge is 2.32. The Bertz CT molecular complexity index is 1220. The number of nitrogen functional groups attached to an aromatic ring is 1. The summed E-state index contributed by atoms with van der Waals surface area (Å²) >= 11 is 0. The smallest absolute Gasteiger partial charge is 0.412 e. The van der Waals surface area contributed by atoms with Crippen LogP contribution < -0.4 is 21.1 Å². The maximum atomic E-state index is 12.8. The summed E-state index contributed by atoms with van der Waals surface area (Å²) in [5.74, 6) is 0.218. The molecular formula is C29H33N3O5. The zero-order chi connectivity index (χ0) is 26.8. The molecule has 0 aliphatic rings. The normalized spacial score (nSPS) is 12.1. The molecule has 2 amide bonds. The number of aryl methyl sites for hydroxylation is 1. The molecule has 0 aliphatic heterocycles. The lowest BCUT2D eigenvalue weighted by atomic mass is 9.82. The number of ether oxygens (including phenoxy) is 2. The number of benzene rings is 3. The summed E-state index contributed by atoms with van der Waals surface area (Å²) in [4.78, 5) is 25.4. The van der Waals surface area contributed by atoms with Crippen LogP contribution in [0.1, 0.15) is 31.1 Å². The molecule has 3 aromatic carbocycles. The topological polar surface area (TPSA) is 123 Å². The second-order valence-corrected chi connectivity index (χ2v) is 9.15. The molecule has 8 nitrogen and oxygen atoms in total. The number of nitrogens with two attached hydrogens (primary N) is 1. The first-order chi connectivity index (χ1) is 17.7. The van der Waals surface area contributed by atoms with Crippen LogP contribution in [0.15, 0.2) is 84.9 Å². The average Bonchev–Trinajstić information content (AvgIpc) is 2.88. The summed E-state index contributed by atoms with van der Waals surface area (Å²) in [6, 6.07) is 21.4. The minimum atomic E-state index is -0.780. The summed E-state index contributed by atoms with van der Waals surface area (Å²) in [6.45, 7) is 5.78. The molecule has 194 valence electrons. The Morgan fingerprint density at radius 3 is 2.32 bits per heavy atom. The number of rotatable bonds is 10. The fourth-order valence-corrected chi connectivity index (χ4v) is 3.61.